The highest BCUT2D eigenvalue weighted by Gasteiger charge is 2.16. The van der Waals surface area contributed by atoms with Gasteiger partial charge in [0, 0.05) is 48.5 Å². The lowest BCUT2D eigenvalue weighted by Crippen LogP contribution is -2.31. The van der Waals surface area contributed by atoms with Crippen molar-refractivity contribution in [2.45, 2.75) is 6.54 Å². The van der Waals surface area contributed by atoms with Gasteiger partial charge in [0.2, 0.25) is 0 Å². The third-order valence-electron chi connectivity index (χ3n) is 4.18. The van der Waals surface area contributed by atoms with Gasteiger partial charge in [-0.05, 0) is 29.8 Å². The first-order valence-corrected chi connectivity index (χ1v) is 9.43. The van der Waals surface area contributed by atoms with Gasteiger partial charge in [-0.25, -0.2) is 0 Å². The third-order valence-corrected chi connectivity index (χ3v) is 5.13. The number of thioether (sulfide) groups is 1. The molecule has 0 saturated carbocycles. The van der Waals surface area contributed by atoms with E-state index in [1.54, 1.807) is 6.07 Å². The van der Waals surface area contributed by atoms with Crippen LogP contribution in [0.3, 0.4) is 0 Å². The van der Waals surface area contributed by atoms with Gasteiger partial charge in [-0.1, -0.05) is 12.1 Å². The summed E-state index contributed by atoms with van der Waals surface area (Å²) in [6, 6.07) is 11.7. The fraction of sp³-hybridized carbons (Fsp3) is 0.278. The Labute approximate surface area is 155 Å². The summed E-state index contributed by atoms with van der Waals surface area (Å²) in [6.45, 7) is 2.98. The average Bonchev–Trinajstić information content (AvgIpc) is 2.63. The van der Waals surface area contributed by atoms with Crippen LogP contribution >= 0.6 is 11.8 Å². The Balaban J connectivity index is 1.70. The van der Waals surface area contributed by atoms with Gasteiger partial charge in [0.25, 0.3) is 11.6 Å². The Morgan fingerprint density at radius 2 is 2.00 bits per heavy atom. The second-order valence-corrected chi connectivity index (χ2v) is 7.30. The molecule has 0 unspecified atom stereocenters. The van der Waals surface area contributed by atoms with Crippen LogP contribution in [0.25, 0.3) is 0 Å². The van der Waals surface area contributed by atoms with Gasteiger partial charge < -0.3 is 11.1 Å². The van der Waals surface area contributed by atoms with Gasteiger partial charge in [-0.2, -0.15) is 11.8 Å². The number of nitrogen functional groups attached to an aromatic ring is 1. The maximum Gasteiger partial charge on any atom is 0.292 e. The quantitative estimate of drug-likeness (QED) is 0.475. The zero-order valence-corrected chi connectivity index (χ0v) is 15.0. The SMILES string of the molecule is Nc1ccc(C(=O)Nc2cccc(CN3CCSCC3)c2)cc1[N+](=O)[O-]. The number of carbonyl (C=O) groups excluding carboxylic acids is 1. The monoisotopic (exact) mass is 372 g/mol. The minimum absolute atomic E-state index is 0.0354. The smallest absolute Gasteiger partial charge is 0.292 e. The first kappa shape index (κ1) is 18.2. The number of nitrogens with zero attached hydrogens (tertiary/aromatic N) is 2. The van der Waals surface area contributed by atoms with Crippen molar-refractivity contribution >= 4 is 34.7 Å². The van der Waals surface area contributed by atoms with E-state index in [1.165, 1.54) is 18.2 Å². The number of rotatable bonds is 5. The predicted molar refractivity (Wildman–Crippen MR) is 105 cm³/mol. The minimum Gasteiger partial charge on any atom is -0.393 e. The molecule has 7 nitrogen and oxygen atoms in total. The normalized spacial score (nSPS) is 14.8. The maximum absolute atomic E-state index is 12.4. The minimum atomic E-state index is -0.594. The third kappa shape index (κ3) is 4.53. The lowest BCUT2D eigenvalue weighted by atomic mass is 10.1. The van der Waals surface area contributed by atoms with Crippen molar-refractivity contribution in [3.8, 4) is 0 Å². The van der Waals surface area contributed by atoms with Crippen LogP contribution in [0.1, 0.15) is 15.9 Å². The molecule has 1 fully saturated rings. The molecule has 1 heterocycles. The molecule has 1 amide bonds. The average molecular weight is 372 g/mol. The van der Waals surface area contributed by atoms with Crippen LogP contribution in [-0.4, -0.2) is 40.3 Å². The molecule has 1 saturated heterocycles. The van der Waals surface area contributed by atoms with Gasteiger partial charge in [-0.15, -0.1) is 0 Å². The van der Waals surface area contributed by atoms with Gasteiger partial charge in [0.05, 0.1) is 4.92 Å². The number of nitrogens with two attached hydrogens (primary N) is 1. The Morgan fingerprint density at radius 3 is 2.73 bits per heavy atom. The van der Waals surface area contributed by atoms with Crippen molar-refractivity contribution < 1.29 is 9.72 Å². The number of amides is 1. The molecule has 26 heavy (non-hydrogen) atoms. The van der Waals surface area contributed by atoms with E-state index in [2.05, 4.69) is 10.2 Å². The largest absolute Gasteiger partial charge is 0.393 e. The topological polar surface area (TPSA) is 102 Å². The molecule has 2 aromatic carbocycles. The zero-order chi connectivity index (χ0) is 18.5. The van der Waals surface area contributed by atoms with Gasteiger partial charge in [0.1, 0.15) is 5.69 Å². The zero-order valence-electron chi connectivity index (χ0n) is 14.2. The summed E-state index contributed by atoms with van der Waals surface area (Å²) < 4.78 is 0. The van der Waals surface area contributed by atoms with Gasteiger partial charge >= 0.3 is 0 Å². The van der Waals surface area contributed by atoms with E-state index < -0.39 is 10.8 Å². The number of carbonyl (C=O) groups is 1. The van der Waals surface area contributed by atoms with Crippen LogP contribution in [0.15, 0.2) is 42.5 Å². The highest BCUT2D eigenvalue weighted by atomic mass is 32.2. The molecule has 1 aliphatic heterocycles. The lowest BCUT2D eigenvalue weighted by Gasteiger charge is -2.26. The molecule has 0 aromatic heterocycles. The summed E-state index contributed by atoms with van der Waals surface area (Å²) in [4.78, 5) is 25.2. The fourth-order valence-electron chi connectivity index (χ4n) is 2.81. The molecule has 8 heteroatoms. The highest BCUT2D eigenvalue weighted by Crippen LogP contribution is 2.23. The van der Waals surface area contributed by atoms with Crippen molar-refractivity contribution in [2.75, 3.05) is 35.6 Å². The van der Waals surface area contributed by atoms with Crippen molar-refractivity contribution in [3.63, 3.8) is 0 Å². The van der Waals surface area contributed by atoms with E-state index in [9.17, 15) is 14.9 Å². The first-order chi connectivity index (χ1) is 12.5. The number of anilines is 2. The number of nitro benzene ring substituents is 1. The molecule has 0 spiro atoms. The Hall–Kier alpha value is -2.58. The molecule has 0 bridgehead atoms. The summed E-state index contributed by atoms with van der Waals surface area (Å²) >= 11 is 1.97. The summed E-state index contributed by atoms with van der Waals surface area (Å²) in [6.07, 6.45) is 0. The van der Waals surface area contributed by atoms with E-state index in [1.807, 2.05) is 30.0 Å². The molecule has 136 valence electrons. The van der Waals surface area contributed by atoms with Crippen LogP contribution in [0, 0.1) is 10.1 Å². The van der Waals surface area contributed by atoms with Crippen LogP contribution in [0.5, 0.6) is 0 Å². The molecule has 0 aliphatic carbocycles. The Morgan fingerprint density at radius 1 is 1.23 bits per heavy atom. The highest BCUT2D eigenvalue weighted by molar-refractivity contribution is 7.99. The molecule has 3 N–H and O–H groups in total. The van der Waals surface area contributed by atoms with E-state index >= 15 is 0 Å². The fourth-order valence-corrected chi connectivity index (χ4v) is 3.79. The summed E-state index contributed by atoms with van der Waals surface area (Å²) in [5, 5.41) is 13.8. The van der Waals surface area contributed by atoms with Crippen LogP contribution in [0.2, 0.25) is 0 Å². The maximum atomic E-state index is 12.4. The number of benzene rings is 2. The molecule has 1 aliphatic rings. The van der Waals surface area contributed by atoms with Crippen LogP contribution < -0.4 is 11.1 Å². The molecular weight excluding hydrogens is 352 g/mol. The molecular formula is C18H20N4O3S. The van der Waals surface area contributed by atoms with Crippen molar-refractivity contribution in [3.05, 3.63) is 63.7 Å². The molecule has 0 atom stereocenters. The van der Waals surface area contributed by atoms with E-state index in [0.29, 0.717) is 5.69 Å². The standard InChI is InChI=1S/C18H20N4O3S/c19-16-5-4-14(11-17(16)22(24)25)18(23)20-15-3-1-2-13(10-15)12-21-6-8-26-9-7-21/h1-5,10-11H,6-9,12,19H2,(H,20,23). The second kappa shape index (κ2) is 8.20. The number of nitrogens with one attached hydrogen (secondary N) is 1. The van der Waals surface area contributed by atoms with Crippen molar-refractivity contribution in [1.29, 1.82) is 0 Å². The van der Waals surface area contributed by atoms with Gasteiger partial charge in [-0.3, -0.25) is 19.8 Å². The number of hydrogen-bond donors (Lipinski definition) is 2. The second-order valence-electron chi connectivity index (χ2n) is 6.07. The van der Waals surface area contributed by atoms with E-state index in [4.69, 9.17) is 5.73 Å². The predicted octanol–water partition coefficient (Wildman–Crippen LogP) is 2.98. The first-order valence-electron chi connectivity index (χ1n) is 8.27. The lowest BCUT2D eigenvalue weighted by molar-refractivity contribution is -0.383. The summed E-state index contributed by atoms with van der Waals surface area (Å²) in [5.41, 5.74) is 7.33. The van der Waals surface area contributed by atoms with E-state index in [0.717, 1.165) is 36.7 Å². The molecule has 0 radical (unpaired) electrons. The number of hydrogen-bond acceptors (Lipinski definition) is 6. The Bertz CT molecular complexity index is 822. The van der Waals surface area contributed by atoms with Crippen molar-refractivity contribution in [2.24, 2.45) is 0 Å². The summed E-state index contributed by atoms with van der Waals surface area (Å²) in [5.74, 6) is 1.89. The van der Waals surface area contributed by atoms with Crippen molar-refractivity contribution in [1.82, 2.24) is 4.90 Å². The Kier molecular flexibility index (Phi) is 5.75. The van der Waals surface area contributed by atoms with Crippen LogP contribution in [0.4, 0.5) is 17.1 Å². The van der Waals surface area contributed by atoms with Crippen LogP contribution in [-0.2, 0) is 6.54 Å². The van der Waals surface area contributed by atoms with E-state index in [-0.39, 0.29) is 16.9 Å². The number of nitro groups is 1. The molecule has 3 rings (SSSR count). The van der Waals surface area contributed by atoms with Gasteiger partial charge in [0.15, 0.2) is 0 Å². The molecule has 2 aromatic rings. The summed E-state index contributed by atoms with van der Waals surface area (Å²) in [7, 11) is 0.